The van der Waals surface area contributed by atoms with Crippen molar-refractivity contribution < 1.29 is 9.84 Å². The standard InChI is InChI=1S/C5H11ClO2/c1-5(2,3)8-4(6)7/h4,7H,1-3H3. The fraction of sp³-hybridized carbons (Fsp3) is 1.00. The highest BCUT2D eigenvalue weighted by atomic mass is 35.5. The van der Waals surface area contributed by atoms with Gasteiger partial charge in [0, 0.05) is 0 Å². The monoisotopic (exact) mass is 138 g/mol. The molecule has 0 aromatic rings. The van der Waals surface area contributed by atoms with Crippen LogP contribution in [0.15, 0.2) is 0 Å². The third-order valence-electron chi connectivity index (χ3n) is 0.451. The molecule has 0 aliphatic carbocycles. The van der Waals surface area contributed by atoms with E-state index in [1.54, 1.807) is 0 Å². The van der Waals surface area contributed by atoms with Gasteiger partial charge < -0.3 is 9.84 Å². The smallest absolute Gasteiger partial charge is 0.235 e. The van der Waals surface area contributed by atoms with Crippen LogP contribution in [0.25, 0.3) is 0 Å². The minimum atomic E-state index is -1.19. The Hall–Kier alpha value is 0.210. The summed E-state index contributed by atoms with van der Waals surface area (Å²) in [5, 5.41) is 8.43. The SMILES string of the molecule is CC(C)(C)OC(O)Cl. The Kier molecular flexibility index (Phi) is 2.74. The van der Waals surface area contributed by atoms with Gasteiger partial charge in [0.05, 0.1) is 5.60 Å². The van der Waals surface area contributed by atoms with Crippen molar-refractivity contribution in [2.75, 3.05) is 0 Å². The number of halogens is 1. The summed E-state index contributed by atoms with van der Waals surface area (Å²) in [4.78, 5) is 0. The van der Waals surface area contributed by atoms with Gasteiger partial charge in [0.2, 0.25) is 5.75 Å². The fourth-order valence-corrected chi connectivity index (χ4v) is 0.559. The van der Waals surface area contributed by atoms with E-state index in [0.29, 0.717) is 0 Å². The lowest BCUT2D eigenvalue weighted by atomic mass is 10.2. The summed E-state index contributed by atoms with van der Waals surface area (Å²) in [7, 11) is 0. The van der Waals surface area contributed by atoms with Crippen molar-refractivity contribution in [3.63, 3.8) is 0 Å². The summed E-state index contributed by atoms with van der Waals surface area (Å²) < 4.78 is 4.76. The Morgan fingerprint density at radius 3 is 1.88 bits per heavy atom. The molecule has 0 spiro atoms. The van der Waals surface area contributed by atoms with Crippen LogP contribution in [-0.4, -0.2) is 16.5 Å². The van der Waals surface area contributed by atoms with E-state index in [2.05, 4.69) is 0 Å². The topological polar surface area (TPSA) is 29.5 Å². The van der Waals surface area contributed by atoms with E-state index >= 15 is 0 Å². The highest BCUT2D eigenvalue weighted by Crippen LogP contribution is 2.10. The Morgan fingerprint density at radius 1 is 1.50 bits per heavy atom. The van der Waals surface area contributed by atoms with Crippen LogP contribution >= 0.6 is 11.6 Å². The first kappa shape index (κ1) is 8.21. The van der Waals surface area contributed by atoms with Crippen LogP contribution in [0.1, 0.15) is 20.8 Å². The van der Waals surface area contributed by atoms with Gasteiger partial charge in [0.1, 0.15) is 0 Å². The zero-order valence-electron chi connectivity index (χ0n) is 5.31. The molecule has 0 aromatic carbocycles. The first-order valence-corrected chi connectivity index (χ1v) is 2.85. The molecule has 50 valence electrons. The van der Waals surface area contributed by atoms with Crippen molar-refractivity contribution in [2.45, 2.75) is 32.1 Å². The molecule has 0 amide bonds. The van der Waals surface area contributed by atoms with Gasteiger partial charge in [0.15, 0.2) is 0 Å². The molecule has 0 saturated heterocycles. The number of aliphatic hydroxyl groups excluding tert-OH is 1. The number of hydrogen-bond donors (Lipinski definition) is 1. The average Bonchev–Trinajstić information content (AvgIpc) is 1.21. The van der Waals surface area contributed by atoms with Crippen LogP contribution in [0.3, 0.4) is 0 Å². The van der Waals surface area contributed by atoms with Gasteiger partial charge in [-0.3, -0.25) is 0 Å². The van der Waals surface area contributed by atoms with Crippen LogP contribution in [-0.2, 0) is 4.74 Å². The third kappa shape index (κ3) is 6.21. The molecule has 0 aromatic heterocycles. The predicted molar refractivity (Wildman–Crippen MR) is 32.7 cm³/mol. The average molecular weight is 139 g/mol. The first-order valence-electron chi connectivity index (χ1n) is 2.42. The summed E-state index contributed by atoms with van der Waals surface area (Å²) >= 11 is 5.10. The molecule has 1 N–H and O–H groups in total. The van der Waals surface area contributed by atoms with E-state index in [4.69, 9.17) is 21.4 Å². The van der Waals surface area contributed by atoms with Gasteiger partial charge in [-0.25, -0.2) is 0 Å². The molecule has 0 aliphatic rings. The zero-order valence-corrected chi connectivity index (χ0v) is 6.07. The van der Waals surface area contributed by atoms with Crippen molar-refractivity contribution in [1.82, 2.24) is 0 Å². The molecule has 2 nitrogen and oxygen atoms in total. The summed E-state index contributed by atoms with van der Waals surface area (Å²) in [5.74, 6) is -1.19. The second-order valence-electron chi connectivity index (χ2n) is 2.52. The molecule has 0 saturated carbocycles. The molecule has 0 aliphatic heterocycles. The van der Waals surface area contributed by atoms with Gasteiger partial charge in [-0.05, 0) is 20.8 Å². The summed E-state index contributed by atoms with van der Waals surface area (Å²) in [6, 6.07) is 0. The first-order chi connectivity index (χ1) is 3.42. The molecule has 8 heavy (non-hydrogen) atoms. The molecule has 0 bridgehead atoms. The molecular formula is C5H11ClO2. The largest absolute Gasteiger partial charge is 0.356 e. The molecule has 1 atom stereocenters. The van der Waals surface area contributed by atoms with E-state index in [0.717, 1.165) is 0 Å². The van der Waals surface area contributed by atoms with Gasteiger partial charge >= 0.3 is 0 Å². The maximum Gasteiger partial charge on any atom is 0.235 e. The van der Waals surface area contributed by atoms with Gasteiger partial charge in [-0.2, -0.15) is 0 Å². The predicted octanol–water partition coefficient (Wildman–Crippen LogP) is 1.32. The number of rotatable bonds is 1. The molecule has 0 heterocycles. The summed E-state index contributed by atoms with van der Waals surface area (Å²) in [5.41, 5.74) is -0.360. The fourth-order valence-electron chi connectivity index (χ4n) is 0.292. The summed E-state index contributed by atoms with van der Waals surface area (Å²) in [6.45, 7) is 5.45. The normalized spacial score (nSPS) is 16.1. The van der Waals surface area contributed by atoms with Crippen LogP contribution in [0.4, 0.5) is 0 Å². The van der Waals surface area contributed by atoms with Crippen molar-refractivity contribution in [1.29, 1.82) is 0 Å². The van der Waals surface area contributed by atoms with Crippen LogP contribution < -0.4 is 0 Å². The quantitative estimate of drug-likeness (QED) is 0.438. The molecular weight excluding hydrogens is 128 g/mol. The van der Waals surface area contributed by atoms with E-state index < -0.39 is 5.75 Å². The minimum Gasteiger partial charge on any atom is -0.356 e. The Labute approximate surface area is 54.4 Å². The molecule has 0 fully saturated rings. The Bertz CT molecular complexity index is 65.3. The maximum atomic E-state index is 8.43. The van der Waals surface area contributed by atoms with Crippen molar-refractivity contribution in [3.8, 4) is 0 Å². The highest BCUT2D eigenvalue weighted by Gasteiger charge is 2.13. The number of alkyl halides is 1. The van der Waals surface area contributed by atoms with Gasteiger partial charge in [-0.15, -0.1) is 0 Å². The third-order valence-corrected chi connectivity index (χ3v) is 0.540. The number of hydrogen-bond acceptors (Lipinski definition) is 2. The van der Waals surface area contributed by atoms with Gasteiger partial charge in [0.25, 0.3) is 0 Å². The highest BCUT2D eigenvalue weighted by molar-refractivity contribution is 6.18. The van der Waals surface area contributed by atoms with E-state index in [1.807, 2.05) is 20.8 Å². The number of ether oxygens (including phenoxy) is 1. The van der Waals surface area contributed by atoms with Gasteiger partial charge in [-0.1, -0.05) is 11.6 Å². The van der Waals surface area contributed by atoms with Crippen molar-refractivity contribution in [3.05, 3.63) is 0 Å². The second-order valence-corrected chi connectivity index (χ2v) is 2.90. The zero-order chi connectivity index (χ0) is 6.78. The maximum absolute atomic E-state index is 8.43. The Balaban J connectivity index is 3.39. The lowest BCUT2D eigenvalue weighted by molar-refractivity contribution is -0.117. The lowest BCUT2D eigenvalue weighted by Crippen LogP contribution is -2.23. The second kappa shape index (κ2) is 2.67. The van der Waals surface area contributed by atoms with E-state index in [9.17, 15) is 0 Å². The van der Waals surface area contributed by atoms with E-state index in [-0.39, 0.29) is 5.60 Å². The van der Waals surface area contributed by atoms with Crippen molar-refractivity contribution in [2.24, 2.45) is 0 Å². The van der Waals surface area contributed by atoms with Crippen LogP contribution in [0, 0.1) is 0 Å². The molecule has 3 heteroatoms. The molecule has 0 radical (unpaired) electrons. The summed E-state index contributed by atoms with van der Waals surface area (Å²) in [6.07, 6.45) is 0. The van der Waals surface area contributed by atoms with Crippen LogP contribution in [0.5, 0.6) is 0 Å². The minimum absolute atomic E-state index is 0.360. The molecule has 1 unspecified atom stereocenters. The van der Waals surface area contributed by atoms with Crippen molar-refractivity contribution >= 4 is 11.6 Å². The van der Waals surface area contributed by atoms with E-state index in [1.165, 1.54) is 0 Å². The lowest BCUT2D eigenvalue weighted by Gasteiger charge is -2.19. The number of aliphatic hydroxyl groups is 1. The molecule has 0 rings (SSSR count). The van der Waals surface area contributed by atoms with Crippen LogP contribution in [0.2, 0.25) is 0 Å². The Morgan fingerprint density at radius 2 is 1.88 bits per heavy atom.